The maximum Gasteiger partial charge on any atom is 0.119 e. The molecule has 0 spiro atoms. The Morgan fingerprint density at radius 3 is 2.08 bits per heavy atom. The highest BCUT2D eigenvalue weighted by atomic mass is 16.3. The van der Waals surface area contributed by atoms with Gasteiger partial charge in [0.25, 0.3) is 0 Å². The third-order valence-electron chi connectivity index (χ3n) is 5.65. The number of benzene rings is 2. The van der Waals surface area contributed by atoms with Gasteiger partial charge in [0.15, 0.2) is 0 Å². The van der Waals surface area contributed by atoms with E-state index < -0.39 is 0 Å². The molecular weight excluding hydrogens is 304 g/mol. The molecule has 0 aliphatic heterocycles. The number of para-hydroxylation sites is 1. The predicted octanol–water partition coefficient (Wildman–Crippen LogP) is 6.79. The summed E-state index contributed by atoms with van der Waals surface area (Å²) in [5, 5.41) is 10.5. The van der Waals surface area contributed by atoms with E-state index in [1.807, 2.05) is 18.2 Å². The summed E-state index contributed by atoms with van der Waals surface area (Å²) in [6.45, 7) is 9.04. The largest absolute Gasteiger partial charge is 0.508 e. The van der Waals surface area contributed by atoms with Gasteiger partial charge >= 0.3 is 0 Å². The Kier molecular flexibility index (Phi) is 7.11. The zero-order valence-corrected chi connectivity index (χ0v) is 16.4. The number of rotatable bonds is 9. The highest BCUT2D eigenvalue weighted by Crippen LogP contribution is 2.42. The second-order valence-electron chi connectivity index (χ2n) is 7.35. The van der Waals surface area contributed by atoms with E-state index in [1.54, 1.807) is 0 Å². The molecule has 0 bridgehead atoms. The van der Waals surface area contributed by atoms with Crippen LogP contribution in [0.3, 0.4) is 0 Å². The van der Waals surface area contributed by atoms with E-state index in [1.165, 1.54) is 42.4 Å². The first-order valence-corrected chi connectivity index (χ1v) is 9.98. The van der Waals surface area contributed by atoms with E-state index in [-0.39, 0.29) is 5.41 Å². The number of aryl methyl sites for hydroxylation is 1. The molecule has 2 aromatic carbocycles. The molecule has 0 amide bonds. The summed E-state index contributed by atoms with van der Waals surface area (Å²) in [7, 11) is 0. The lowest BCUT2D eigenvalue weighted by Crippen LogP contribution is -2.25. The molecule has 1 unspecified atom stereocenters. The van der Waals surface area contributed by atoms with E-state index in [2.05, 4.69) is 52.0 Å². The van der Waals surface area contributed by atoms with Crippen LogP contribution >= 0.6 is 0 Å². The maximum atomic E-state index is 10.5. The molecule has 1 atom stereocenters. The summed E-state index contributed by atoms with van der Waals surface area (Å²) in [6.07, 6.45) is 8.15. The van der Waals surface area contributed by atoms with E-state index in [9.17, 15) is 5.11 Å². The van der Waals surface area contributed by atoms with Crippen LogP contribution in [-0.2, 0) is 18.3 Å². The lowest BCUT2D eigenvalue weighted by atomic mass is 9.70. The molecule has 0 saturated heterocycles. The summed E-state index contributed by atoms with van der Waals surface area (Å²) >= 11 is 0. The van der Waals surface area contributed by atoms with Crippen LogP contribution in [0.25, 0.3) is 0 Å². The topological polar surface area (TPSA) is 20.2 Å². The standard InChI is InChI=1S/C24H34O/c1-5-8-13-19-14-12-17-21(20(19)15-9-6-2)24(4,7-3)22-16-10-11-18-23(22)25/h10-12,14,16-18,25H,5-9,13,15H2,1-4H3. The second-order valence-corrected chi connectivity index (χ2v) is 7.35. The van der Waals surface area contributed by atoms with Gasteiger partial charge in [0.1, 0.15) is 5.75 Å². The monoisotopic (exact) mass is 338 g/mol. The molecule has 0 aliphatic rings. The highest BCUT2D eigenvalue weighted by molar-refractivity contribution is 5.50. The Morgan fingerprint density at radius 1 is 0.800 bits per heavy atom. The highest BCUT2D eigenvalue weighted by Gasteiger charge is 2.32. The zero-order valence-electron chi connectivity index (χ0n) is 16.4. The quantitative estimate of drug-likeness (QED) is 0.533. The minimum atomic E-state index is -0.156. The van der Waals surface area contributed by atoms with Crippen molar-refractivity contribution in [3.8, 4) is 5.75 Å². The molecule has 2 rings (SSSR count). The second kappa shape index (κ2) is 9.08. The van der Waals surface area contributed by atoms with Crippen molar-refractivity contribution in [2.45, 2.75) is 78.1 Å². The van der Waals surface area contributed by atoms with E-state index in [0.717, 1.165) is 24.8 Å². The normalized spacial score (nSPS) is 13.6. The Balaban J connectivity index is 2.59. The Labute approximate surface area is 154 Å². The van der Waals surface area contributed by atoms with Gasteiger partial charge in [-0.15, -0.1) is 0 Å². The van der Waals surface area contributed by atoms with Crippen LogP contribution in [0.15, 0.2) is 42.5 Å². The lowest BCUT2D eigenvalue weighted by Gasteiger charge is -2.33. The van der Waals surface area contributed by atoms with Gasteiger partial charge < -0.3 is 5.11 Å². The van der Waals surface area contributed by atoms with Gasteiger partial charge in [0.2, 0.25) is 0 Å². The van der Waals surface area contributed by atoms with Gasteiger partial charge in [-0.05, 0) is 54.9 Å². The molecule has 1 heteroatoms. The first-order valence-electron chi connectivity index (χ1n) is 9.98. The number of hydrogen-bond acceptors (Lipinski definition) is 1. The predicted molar refractivity (Wildman–Crippen MR) is 109 cm³/mol. The van der Waals surface area contributed by atoms with Crippen molar-refractivity contribution in [3.05, 3.63) is 64.7 Å². The molecule has 0 fully saturated rings. The summed E-state index contributed by atoms with van der Waals surface area (Å²) in [5.41, 5.74) is 5.31. The molecule has 0 aliphatic carbocycles. The van der Waals surface area contributed by atoms with Crippen molar-refractivity contribution >= 4 is 0 Å². The van der Waals surface area contributed by atoms with Crippen LogP contribution in [0.1, 0.15) is 82.1 Å². The van der Waals surface area contributed by atoms with Gasteiger partial charge in [0, 0.05) is 11.0 Å². The minimum Gasteiger partial charge on any atom is -0.508 e. The van der Waals surface area contributed by atoms with Gasteiger partial charge in [0.05, 0.1) is 0 Å². The van der Waals surface area contributed by atoms with Crippen LogP contribution in [0.5, 0.6) is 5.75 Å². The average molecular weight is 339 g/mol. The Bertz CT molecular complexity index is 674. The summed E-state index contributed by atoms with van der Waals surface area (Å²) in [6, 6.07) is 14.7. The number of unbranched alkanes of at least 4 members (excludes halogenated alkanes) is 2. The molecule has 1 N–H and O–H groups in total. The van der Waals surface area contributed by atoms with Crippen molar-refractivity contribution in [1.29, 1.82) is 0 Å². The number of hydrogen-bond donors (Lipinski definition) is 1. The molecule has 0 radical (unpaired) electrons. The first kappa shape index (κ1) is 19.6. The first-order chi connectivity index (χ1) is 12.1. The minimum absolute atomic E-state index is 0.156. The van der Waals surface area contributed by atoms with Crippen LogP contribution in [0.4, 0.5) is 0 Å². The molecule has 2 aromatic rings. The SMILES string of the molecule is CCCCc1cccc(C(C)(CC)c2ccccc2O)c1CCCC. The molecule has 1 nitrogen and oxygen atoms in total. The van der Waals surface area contributed by atoms with Gasteiger partial charge in [-0.1, -0.05) is 76.9 Å². The van der Waals surface area contributed by atoms with Gasteiger partial charge in [-0.3, -0.25) is 0 Å². The van der Waals surface area contributed by atoms with Crippen molar-refractivity contribution < 1.29 is 5.11 Å². The van der Waals surface area contributed by atoms with Crippen LogP contribution < -0.4 is 0 Å². The third kappa shape index (κ3) is 4.26. The fourth-order valence-electron chi connectivity index (χ4n) is 3.87. The van der Waals surface area contributed by atoms with E-state index >= 15 is 0 Å². The van der Waals surface area contributed by atoms with Crippen molar-refractivity contribution in [3.63, 3.8) is 0 Å². The molecule has 136 valence electrons. The van der Waals surface area contributed by atoms with E-state index in [0.29, 0.717) is 5.75 Å². The van der Waals surface area contributed by atoms with Crippen LogP contribution in [0, 0.1) is 0 Å². The molecule has 0 aromatic heterocycles. The number of phenols is 1. The maximum absolute atomic E-state index is 10.5. The summed E-state index contributed by atoms with van der Waals surface area (Å²) in [5.74, 6) is 0.409. The molecular formula is C24H34O. The smallest absolute Gasteiger partial charge is 0.119 e. The van der Waals surface area contributed by atoms with Gasteiger partial charge in [-0.2, -0.15) is 0 Å². The fourth-order valence-corrected chi connectivity index (χ4v) is 3.87. The van der Waals surface area contributed by atoms with Crippen molar-refractivity contribution in [2.75, 3.05) is 0 Å². The zero-order chi connectivity index (χ0) is 18.3. The lowest BCUT2D eigenvalue weighted by molar-refractivity contribution is 0.440. The molecule has 0 saturated carbocycles. The molecule has 0 heterocycles. The fraction of sp³-hybridized carbons (Fsp3) is 0.500. The van der Waals surface area contributed by atoms with Crippen LogP contribution in [-0.4, -0.2) is 5.11 Å². The average Bonchev–Trinajstić information content (AvgIpc) is 2.64. The Morgan fingerprint density at radius 2 is 1.44 bits per heavy atom. The molecule has 25 heavy (non-hydrogen) atoms. The van der Waals surface area contributed by atoms with Crippen molar-refractivity contribution in [2.24, 2.45) is 0 Å². The summed E-state index contributed by atoms with van der Waals surface area (Å²) < 4.78 is 0. The Hall–Kier alpha value is -1.76. The van der Waals surface area contributed by atoms with Crippen LogP contribution in [0.2, 0.25) is 0 Å². The van der Waals surface area contributed by atoms with E-state index in [4.69, 9.17) is 0 Å². The van der Waals surface area contributed by atoms with Crippen molar-refractivity contribution in [1.82, 2.24) is 0 Å². The number of aromatic hydroxyl groups is 1. The third-order valence-corrected chi connectivity index (χ3v) is 5.65. The summed E-state index contributed by atoms with van der Waals surface area (Å²) in [4.78, 5) is 0. The number of phenolic OH excluding ortho intramolecular Hbond substituents is 1. The van der Waals surface area contributed by atoms with Gasteiger partial charge in [-0.25, -0.2) is 0 Å².